The molecule has 10 heteroatoms. The van der Waals surface area contributed by atoms with Crippen LogP contribution in [0.15, 0.2) is 49.6 Å². The van der Waals surface area contributed by atoms with Gasteiger partial charge in [0.15, 0.2) is 0 Å². The molecule has 3 rings (SSSR count). The highest BCUT2D eigenvalue weighted by Crippen LogP contribution is 2.35. The number of benzene rings is 1. The first kappa shape index (κ1) is 29.2. The number of carbonyl (C=O) groups is 1. The van der Waals surface area contributed by atoms with E-state index in [0.717, 1.165) is 35.7 Å². The third-order valence-corrected chi connectivity index (χ3v) is 8.56. The maximum Gasteiger partial charge on any atom is 0.410 e. The molecular formula is C27H41N3O6S. The first-order chi connectivity index (χ1) is 17.7. The maximum absolute atomic E-state index is 12.8. The van der Waals surface area contributed by atoms with E-state index in [1.165, 1.54) is 25.7 Å². The third kappa shape index (κ3) is 8.29. The second kappa shape index (κ2) is 13.9. The molecule has 206 valence electrons. The van der Waals surface area contributed by atoms with Crippen LogP contribution in [0.3, 0.4) is 0 Å². The van der Waals surface area contributed by atoms with Crippen LogP contribution in [0, 0.1) is 0 Å². The number of amides is 1. The van der Waals surface area contributed by atoms with E-state index in [9.17, 15) is 13.2 Å². The van der Waals surface area contributed by atoms with Crippen LogP contribution >= 0.6 is 0 Å². The number of likely N-dealkylation sites (tertiary alicyclic amines) is 1. The van der Waals surface area contributed by atoms with Crippen LogP contribution < -0.4 is 9.46 Å². The summed E-state index contributed by atoms with van der Waals surface area (Å²) in [5.41, 5.74) is 1.27. The van der Waals surface area contributed by atoms with Gasteiger partial charge in [0.1, 0.15) is 19.0 Å². The highest BCUT2D eigenvalue weighted by molar-refractivity contribution is 7.87. The molecule has 2 atom stereocenters. The van der Waals surface area contributed by atoms with Crippen LogP contribution in [0.25, 0.3) is 0 Å². The highest BCUT2D eigenvalue weighted by atomic mass is 32.2. The smallest absolute Gasteiger partial charge is 0.410 e. The third-order valence-electron chi connectivity index (χ3n) is 6.99. The Morgan fingerprint density at radius 3 is 2.54 bits per heavy atom. The van der Waals surface area contributed by atoms with Gasteiger partial charge >= 0.3 is 6.09 Å². The van der Waals surface area contributed by atoms with Crippen molar-refractivity contribution in [2.75, 3.05) is 40.5 Å². The summed E-state index contributed by atoms with van der Waals surface area (Å²) in [5, 5.41) is 0. The Balaban J connectivity index is 1.62. The van der Waals surface area contributed by atoms with Gasteiger partial charge in [-0.3, -0.25) is 0 Å². The molecule has 1 aliphatic carbocycles. The summed E-state index contributed by atoms with van der Waals surface area (Å²) < 4.78 is 46.3. The van der Waals surface area contributed by atoms with Crippen LogP contribution in [-0.2, 0) is 19.7 Å². The Bertz CT molecular complexity index is 1010. The molecule has 2 aliphatic rings. The molecule has 0 unspecified atom stereocenters. The molecule has 37 heavy (non-hydrogen) atoms. The summed E-state index contributed by atoms with van der Waals surface area (Å²) in [4.78, 5) is 14.3. The lowest BCUT2D eigenvalue weighted by Crippen LogP contribution is -2.60. The number of carbonyl (C=O) groups excluding carboxylic acids is 1. The first-order valence-electron chi connectivity index (χ1n) is 12.9. The number of piperidine rings is 1. The van der Waals surface area contributed by atoms with Gasteiger partial charge in [0.25, 0.3) is 10.2 Å². The van der Waals surface area contributed by atoms with Gasteiger partial charge in [-0.2, -0.15) is 17.4 Å². The molecule has 1 amide bonds. The van der Waals surface area contributed by atoms with Gasteiger partial charge in [-0.25, -0.2) is 4.79 Å². The van der Waals surface area contributed by atoms with Crippen LogP contribution in [0.4, 0.5) is 4.79 Å². The molecular weight excluding hydrogens is 494 g/mol. The molecule has 1 saturated heterocycles. The van der Waals surface area contributed by atoms with E-state index in [1.54, 1.807) is 11.0 Å². The number of nitrogens with zero attached hydrogens (tertiary/aromatic N) is 2. The standard InChI is InChI=1S/C27H41N3O6S/c1-5-17-34-24-10-7-9-22(19-24)21-12-14-23(15-13-21)36-20-26-25(28-37(32,33)29(3)4)11-8-16-30(26)27(31)35-18-6-2/h5-7,9-10,19,21,23,25-26,28H,1-2,8,11-18,20H2,3-4H3/t21?,23?,25-,26-/m0/s1. The average Bonchev–Trinajstić information content (AvgIpc) is 2.90. The molecule has 0 spiro atoms. The van der Waals surface area contributed by atoms with E-state index in [2.05, 4.69) is 30.0 Å². The number of hydrogen-bond acceptors (Lipinski definition) is 6. The number of ether oxygens (including phenoxy) is 3. The van der Waals surface area contributed by atoms with Crippen molar-refractivity contribution in [3.05, 3.63) is 55.1 Å². The molecule has 2 fully saturated rings. The molecule has 1 saturated carbocycles. The average molecular weight is 536 g/mol. The van der Waals surface area contributed by atoms with Crippen molar-refractivity contribution < 1.29 is 27.4 Å². The predicted octanol–water partition coefficient (Wildman–Crippen LogP) is 3.85. The van der Waals surface area contributed by atoms with Gasteiger partial charge in [0, 0.05) is 26.7 Å². The Labute approximate surface area is 221 Å². The Morgan fingerprint density at radius 1 is 1.14 bits per heavy atom. The van der Waals surface area contributed by atoms with Gasteiger partial charge in [-0.1, -0.05) is 37.4 Å². The normalized spacial score (nSPS) is 24.5. The summed E-state index contributed by atoms with van der Waals surface area (Å²) in [6.45, 7) is 8.60. The van der Waals surface area contributed by atoms with E-state index < -0.39 is 28.4 Å². The minimum Gasteiger partial charge on any atom is -0.490 e. The van der Waals surface area contributed by atoms with E-state index in [4.69, 9.17) is 14.2 Å². The second-order valence-electron chi connectivity index (χ2n) is 9.76. The summed E-state index contributed by atoms with van der Waals surface area (Å²) >= 11 is 0. The minimum atomic E-state index is -3.67. The summed E-state index contributed by atoms with van der Waals surface area (Å²) in [5.74, 6) is 1.29. The highest BCUT2D eigenvalue weighted by Gasteiger charge is 2.38. The van der Waals surface area contributed by atoms with Crippen molar-refractivity contribution in [1.82, 2.24) is 13.9 Å². The molecule has 0 aromatic heterocycles. The minimum absolute atomic E-state index is 0.0514. The molecule has 1 heterocycles. The molecule has 1 N–H and O–H groups in total. The van der Waals surface area contributed by atoms with Crippen molar-refractivity contribution >= 4 is 16.3 Å². The van der Waals surface area contributed by atoms with Crippen LogP contribution in [0.2, 0.25) is 0 Å². The van der Waals surface area contributed by atoms with Crippen molar-refractivity contribution in [3.63, 3.8) is 0 Å². The topological polar surface area (TPSA) is 97.4 Å². The van der Waals surface area contributed by atoms with E-state index >= 15 is 0 Å². The zero-order chi connectivity index (χ0) is 26.8. The number of nitrogens with one attached hydrogen (secondary N) is 1. The summed E-state index contributed by atoms with van der Waals surface area (Å²) in [7, 11) is -0.713. The lowest BCUT2D eigenvalue weighted by atomic mass is 9.82. The predicted molar refractivity (Wildman–Crippen MR) is 144 cm³/mol. The van der Waals surface area contributed by atoms with Crippen molar-refractivity contribution in [3.8, 4) is 5.75 Å². The monoisotopic (exact) mass is 535 g/mol. The number of rotatable bonds is 12. The van der Waals surface area contributed by atoms with Gasteiger partial charge in [-0.05, 0) is 62.1 Å². The Kier molecular flexibility index (Phi) is 11.0. The fraction of sp³-hybridized carbons (Fsp3) is 0.593. The number of hydrogen-bond donors (Lipinski definition) is 1. The summed E-state index contributed by atoms with van der Waals surface area (Å²) in [6, 6.07) is 7.30. The van der Waals surface area contributed by atoms with Crippen LogP contribution in [0.5, 0.6) is 5.75 Å². The van der Waals surface area contributed by atoms with Crippen molar-refractivity contribution in [1.29, 1.82) is 0 Å². The fourth-order valence-electron chi connectivity index (χ4n) is 4.95. The zero-order valence-electron chi connectivity index (χ0n) is 22.0. The lowest BCUT2D eigenvalue weighted by molar-refractivity contribution is -0.0257. The fourth-order valence-corrected chi connectivity index (χ4v) is 5.82. The SMILES string of the molecule is C=CCOC(=O)N1CCC[C@H](NS(=O)(=O)N(C)C)[C@@H]1COC1CCC(c2cccc(OCC=C)c2)CC1. The van der Waals surface area contributed by atoms with Crippen molar-refractivity contribution in [2.24, 2.45) is 0 Å². The maximum atomic E-state index is 12.8. The zero-order valence-corrected chi connectivity index (χ0v) is 22.8. The molecule has 0 bridgehead atoms. The molecule has 0 radical (unpaired) electrons. The summed E-state index contributed by atoms with van der Waals surface area (Å²) in [6.07, 6.45) is 7.86. The quantitative estimate of drug-likeness (QED) is 0.409. The van der Waals surface area contributed by atoms with Crippen LogP contribution in [0.1, 0.15) is 50.0 Å². The lowest BCUT2D eigenvalue weighted by Gasteiger charge is -2.41. The molecule has 9 nitrogen and oxygen atoms in total. The van der Waals surface area contributed by atoms with Gasteiger partial charge in [-0.15, -0.1) is 0 Å². The van der Waals surface area contributed by atoms with Crippen molar-refractivity contribution in [2.45, 2.75) is 62.6 Å². The first-order valence-corrected chi connectivity index (χ1v) is 14.4. The Hall–Kier alpha value is -2.40. The Morgan fingerprint density at radius 2 is 1.86 bits per heavy atom. The van der Waals surface area contributed by atoms with Crippen LogP contribution in [-0.4, -0.2) is 82.4 Å². The van der Waals surface area contributed by atoms with Gasteiger partial charge in [0.2, 0.25) is 0 Å². The second-order valence-corrected chi connectivity index (χ2v) is 11.7. The van der Waals surface area contributed by atoms with Gasteiger partial charge in [0.05, 0.1) is 18.8 Å². The van der Waals surface area contributed by atoms with E-state index in [-0.39, 0.29) is 19.3 Å². The van der Waals surface area contributed by atoms with E-state index in [0.29, 0.717) is 31.9 Å². The largest absolute Gasteiger partial charge is 0.490 e. The van der Waals surface area contributed by atoms with E-state index in [1.807, 2.05) is 12.1 Å². The molecule has 1 aliphatic heterocycles. The molecule has 1 aromatic carbocycles. The molecule has 1 aromatic rings. The van der Waals surface area contributed by atoms with Gasteiger partial charge < -0.3 is 19.1 Å².